The summed E-state index contributed by atoms with van der Waals surface area (Å²) < 4.78 is 10.7. The Morgan fingerprint density at radius 1 is 1.08 bits per heavy atom. The number of hydrogen-bond donors (Lipinski definition) is 1. The van der Waals surface area contributed by atoms with Gasteiger partial charge in [-0.05, 0) is 88.8 Å². The van der Waals surface area contributed by atoms with Crippen molar-refractivity contribution in [2.45, 2.75) is 85.1 Å². The van der Waals surface area contributed by atoms with Crippen molar-refractivity contribution in [2.75, 3.05) is 18.5 Å². The molecule has 0 saturated heterocycles. The number of carbonyl (C=O) groups excluding carboxylic acids is 3. The van der Waals surface area contributed by atoms with Gasteiger partial charge in [-0.3, -0.25) is 4.79 Å². The molecule has 0 aromatic heterocycles. The summed E-state index contributed by atoms with van der Waals surface area (Å²) >= 11 is 0. The molecular weight excluding hydrogens is 482 g/mol. The monoisotopic (exact) mass is 523 g/mol. The fraction of sp³-hybridized carbons (Fsp3) is 0.500. The first-order valence-electron chi connectivity index (χ1n) is 13.2. The van der Waals surface area contributed by atoms with Crippen molar-refractivity contribution in [3.8, 4) is 11.1 Å². The SMILES string of the molecule is CC(=O)N1c2ccc(-c3ccc(CCN(C)C(=O)OC(C)(C)C)cc3)cc2[C@H](NC(=O)OC(C)C)C[C@@H]1C. The van der Waals surface area contributed by atoms with E-state index >= 15 is 0 Å². The van der Waals surface area contributed by atoms with E-state index in [4.69, 9.17) is 9.47 Å². The summed E-state index contributed by atoms with van der Waals surface area (Å²) in [6.45, 7) is 13.3. The van der Waals surface area contributed by atoms with Gasteiger partial charge in [0.1, 0.15) is 5.60 Å². The number of likely N-dealkylation sites (N-methyl/N-ethyl adjacent to an activating group) is 1. The molecule has 1 heterocycles. The van der Waals surface area contributed by atoms with Crippen molar-refractivity contribution in [2.24, 2.45) is 0 Å². The number of alkyl carbamates (subject to hydrolysis) is 1. The first-order valence-corrected chi connectivity index (χ1v) is 13.2. The quantitative estimate of drug-likeness (QED) is 0.495. The van der Waals surface area contributed by atoms with E-state index < -0.39 is 11.7 Å². The zero-order valence-electron chi connectivity index (χ0n) is 23.8. The summed E-state index contributed by atoms with van der Waals surface area (Å²) in [5, 5.41) is 2.99. The summed E-state index contributed by atoms with van der Waals surface area (Å²) in [4.78, 5) is 40.4. The fourth-order valence-corrected chi connectivity index (χ4v) is 4.64. The van der Waals surface area contributed by atoms with Crippen LogP contribution in [0, 0.1) is 0 Å². The zero-order chi connectivity index (χ0) is 28.2. The Hall–Kier alpha value is -3.55. The van der Waals surface area contributed by atoms with Crippen LogP contribution < -0.4 is 10.2 Å². The standard InChI is InChI=1S/C30H41N3O5/c1-19(2)37-28(35)31-26-17-20(3)33(21(4)34)27-14-13-24(18-25(26)27)23-11-9-22(10-12-23)15-16-32(8)29(36)38-30(5,6)7/h9-14,18-20,26H,15-17H2,1-8H3,(H,31,35)/t20-,26+/m0/s1. The normalized spacial score (nSPS) is 17.0. The highest BCUT2D eigenvalue weighted by Gasteiger charge is 2.33. The first-order chi connectivity index (χ1) is 17.7. The lowest BCUT2D eigenvalue weighted by Crippen LogP contribution is -2.45. The molecule has 206 valence electrons. The molecular formula is C30H41N3O5. The number of rotatable bonds is 6. The molecule has 2 aromatic carbocycles. The zero-order valence-corrected chi connectivity index (χ0v) is 23.8. The van der Waals surface area contributed by atoms with E-state index in [9.17, 15) is 14.4 Å². The van der Waals surface area contributed by atoms with E-state index in [0.717, 1.165) is 27.9 Å². The van der Waals surface area contributed by atoms with E-state index in [1.54, 1.807) is 23.8 Å². The van der Waals surface area contributed by atoms with Gasteiger partial charge in [0.25, 0.3) is 0 Å². The molecule has 1 aliphatic rings. The number of fused-ring (bicyclic) bond motifs is 1. The Morgan fingerprint density at radius 2 is 1.71 bits per heavy atom. The predicted octanol–water partition coefficient (Wildman–Crippen LogP) is 6.08. The number of benzene rings is 2. The first kappa shape index (κ1) is 29.0. The van der Waals surface area contributed by atoms with Crippen LogP contribution in [0.2, 0.25) is 0 Å². The highest BCUT2D eigenvalue weighted by molar-refractivity contribution is 5.94. The molecule has 0 spiro atoms. The minimum atomic E-state index is -0.523. The number of amides is 3. The highest BCUT2D eigenvalue weighted by Crippen LogP contribution is 2.39. The van der Waals surface area contributed by atoms with Crippen molar-refractivity contribution in [3.63, 3.8) is 0 Å². The average molecular weight is 524 g/mol. The van der Waals surface area contributed by atoms with Crippen LogP contribution in [0.3, 0.4) is 0 Å². The van der Waals surface area contributed by atoms with Crippen molar-refractivity contribution >= 4 is 23.8 Å². The van der Waals surface area contributed by atoms with Crippen molar-refractivity contribution in [3.05, 3.63) is 53.6 Å². The molecule has 3 amide bonds. The molecule has 0 saturated carbocycles. The van der Waals surface area contributed by atoms with Gasteiger partial charge >= 0.3 is 12.2 Å². The predicted molar refractivity (Wildman–Crippen MR) is 149 cm³/mol. The van der Waals surface area contributed by atoms with E-state index in [-0.39, 0.29) is 30.2 Å². The van der Waals surface area contributed by atoms with Gasteiger partial charge in [-0.2, -0.15) is 0 Å². The lowest BCUT2D eigenvalue weighted by Gasteiger charge is -2.39. The maximum atomic E-state index is 12.4. The van der Waals surface area contributed by atoms with Crippen LogP contribution in [-0.2, 0) is 20.7 Å². The van der Waals surface area contributed by atoms with Crippen LogP contribution in [0.1, 0.15) is 72.1 Å². The molecule has 1 N–H and O–H groups in total. The summed E-state index contributed by atoms with van der Waals surface area (Å²) in [6, 6.07) is 13.9. The Morgan fingerprint density at radius 3 is 2.29 bits per heavy atom. The van der Waals surface area contributed by atoms with E-state index in [0.29, 0.717) is 19.4 Å². The largest absolute Gasteiger partial charge is 0.447 e. The number of nitrogens with one attached hydrogen (secondary N) is 1. The van der Waals surface area contributed by atoms with Crippen LogP contribution in [0.5, 0.6) is 0 Å². The molecule has 0 aliphatic carbocycles. The number of nitrogens with zero attached hydrogens (tertiary/aromatic N) is 2. The fourth-order valence-electron chi connectivity index (χ4n) is 4.64. The van der Waals surface area contributed by atoms with Crippen LogP contribution >= 0.6 is 0 Å². The van der Waals surface area contributed by atoms with Gasteiger partial charge in [-0.1, -0.05) is 30.3 Å². The van der Waals surface area contributed by atoms with Crippen LogP contribution in [0.4, 0.5) is 15.3 Å². The molecule has 0 radical (unpaired) electrons. The van der Waals surface area contributed by atoms with Crippen molar-refractivity contribution < 1.29 is 23.9 Å². The summed E-state index contributed by atoms with van der Waals surface area (Å²) in [6.07, 6.45) is 0.268. The number of carbonyl (C=O) groups is 3. The van der Waals surface area contributed by atoms with E-state index in [1.807, 2.05) is 71.9 Å². The molecule has 2 atom stereocenters. The third-order valence-corrected chi connectivity index (χ3v) is 6.38. The molecule has 3 rings (SSSR count). The maximum Gasteiger partial charge on any atom is 0.410 e. The maximum absolute atomic E-state index is 12.4. The van der Waals surface area contributed by atoms with E-state index in [2.05, 4.69) is 17.4 Å². The molecule has 2 aromatic rings. The third-order valence-electron chi connectivity index (χ3n) is 6.38. The molecule has 8 heteroatoms. The van der Waals surface area contributed by atoms with Crippen molar-refractivity contribution in [1.82, 2.24) is 10.2 Å². The second kappa shape index (κ2) is 11.9. The highest BCUT2D eigenvalue weighted by atomic mass is 16.6. The summed E-state index contributed by atoms with van der Waals surface area (Å²) in [5.74, 6) is -0.0320. The Bertz CT molecular complexity index is 1150. The van der Waals surface area contributed by atoms with Gasteiger partial charge < -0.3 is 24.6 Å². The number of anilines is 1. The number of ether oxygens (including phenoxy) is 2. The van der Waals surface area contributed by atoms with Gasteiger partial charge in [-0.15, -0.1) is 0 Å². The Kier molecular flexibility index (Phi) is 9.07. The average Bonchev–Trinajstić information content (AvgIpc) is 2.80. The minimum Gasteiger partial charge on any atom is -0.447 e. The molecule has 38 heavy (non-hydrogen) atoms. The van der Waals surface area contributed by atoms with Gasteiger partial charge in [0.15, 0.2) is 0 Å². The van der Waals surface area contributed by atoms with Crippen LogP contribution in [0.25, 0.3) is 11.1 Å². The van der Waals surface area contributed by atoms with Crippen LogP contribution in [0.15, 0.2) is 42.5 Å². The summed E-state index contributed by atoms with van der Waals surface area (Å²) in [7, 11) is 1.74. The lowest BCUT2D eigenvalue weighted by molar-refractivity contribution is -0.117. The molecule has 0 unspecified atom stereocenters. The van der Waals surface area contributed by atoms with Crippen LogP contribution in [-0.4, -0.2) is 54.3 Å². The van der Waals surface area contributed by atoms with E-state index in [1.165, 1.54) is 0 Å². The van der Waals surface area contributed by atoms with Crippen molar-refractivity contribution in [1.29, 1.82) is 0 Å². The second-order valence-corrected chi connectivity index (χ2v) is 11.2. The molecule has 1 aliphatic heterocycles. The topological polar surface area (TPSA) is 88.2 Å². The molecule has 0 bridgehead atoms. The lowest BCUT2D eigenvalue weighted by atomic mass is 9.89. The van der Waals surface area contributed by atoms with Gasteiger partial charge in [0, 0.05) is 32.2 Å². The van der Waals surface area contributed by atoms with Gasteiger partial charge in [0.05, 0.1) is 12.1 Å². The van der Waals surface area contributed by atoms with Gasteiger partial charge in [-0.25, -0.2) is 9.59 Å². The third kappa shape index (κ3) is 7.49. The molecule has 8 nitrogen and oxygen atoms in total. The van der Waals surface area contributed by atoms with Gasteiger partial charge in [0.2, 0.25) is 5.91 Å². The molecule has 0 fully saturated rings. The second-order valence-electron chi connectivity index (χ2n) is 11.2. The summed E-state index contributed by atoms with van der Waals surface area (Å²) in [5.41, 5.74) is 4.28. The smallest absolute Gasteiger partial charge is 0.410 e. The minimum absolute atomic E-state index is 0.0320. The number of hydrogen-bond acceptors (Lipinski definition) is 5. The Balaban J connectivity index is 1.79. The Labute approximate surface area is 226 Å².